The lowest BCUT2D eigenvalue weighted by Crippen LogP contribution is -2.15. The van der Waals surface area contributed by atoms with Crippen LogP contribution in [0.2, 0.25) is 0 Å². The van der Waals surface area contributed by atoms with Crippen LogP contribution in [0.4, 0.5) is 5.95 Å². The van der Waals surface area contributed by atoms with Crippen molar-refractivity contribution in [2.24, 2.45) is 7.05 Å². The van der Waals surface area contributed by atoms with Crippen LogP contribution in [0.15, 0.2) is 54.7 Å². The van der Waals surface area contributed by atoms with Gasteiger partial charge in [0.2, 0.25) is 5.95 Å². The van der Waals surface area contributed by atoms with Gasteiger partial charge in [-0.1, -0.05) is 0 Å². The number of ether oxygens (including phenoxy) is 2. The molecule has 25 heavy (non-hydrogen) atoms. The normalized spacial score (nSPS) is 10.4. The van der Waals surface area contributed by atoms with Crippen LogP contribution in [0.1, 0.15) is 10.4 Å². The molecule has 0 aliphatic heterocycles. The van der Waals surface area contributed by atoms with Crippen molar-refractivity contribution in [1.82, 2.24) is 9.55 Å². The Morgan fingerprint density at radius 2 is 1.52 bits per heavy atom. The zero-order valence-corrected chi connectivity index (χ0v) is 14.3. The first-order chi connectivity index (χ1) is 12.1. The standard InChI is InChI=1S/C19H19N3O3/c1-22-17(13-4-8-15(24-2)9-5-13)12-20-19(22)21-18(23)14-6-10-16(25-3)11-7-14/h4-12H,1-3H3,(H,20,21,23). The number of carbonyl (C=O) groups excluding carboxylic acids is 1. The summed E-state index contributed by atoms with van der Waals surface area (Å²) in [4.78, 5) is 16.7. The van der Waals surface area contributed by atoms with E-state index in [1.165, 1.54) is 0 Å². The van der Waals surface area contributed by atoms with Gasteiger partial charge in [-0.05, 0) is 48.5 Å². The fourth-order valence-electron chi connectivity index (χ4n) is 2.47. The van der Waals surface area contributed by atoms with Crippen molar-refractivity contribution in [1.29, 1.82) is 0 Å². The van der Waals surface area contributed by atoms with Gasteiger partial charge in [0.25, 0.3) is 5.91 Å². The molecular formula is C19H19N3O3. The van der Waals surface area contributed by atoms with E-state index in [1.54, 1.807) is 44.7 Å². The largest absolute Gasteiger partial charge is 0.497 e. The number of hydrogen-bond donors (Lipinski definition) is 1. The van der Waals surface area contributed by atoms with Crippen molar-refractivity contribution in [3.05, 3.63) is 60.3 Å². The molecule has 0 atom stereocenters. The van der Waals surface area contributed by atoms with E-state index >= 15 is 0 Å². The van der Waals surface area contributed by atoms with E-state index in [0.29, 0.717) is 17.3 Å². The summed E-state index contributed by atoms with van der Waals surface area (Å²) in [6, 6.07) is 14.6. The number of nitrogens with one attached hydrogen (secondary N) is 1. The lowest BCUT2D eigenvalue weighted by atomic mass is 10.1. The van der Waals surface area contributed by atoms with Crippen molar-refractivity contribution in [3.63, 3.8) is 0 Å². The van der Waals surface area contributed by atoms with Crippen LogP contribution in [-0.4, -0.2) is 29.7 Å². The van der Waals surface area contributed by atoms with Crippen molar-refractivity contribution < 1.29 is 14.3 Å². The van der Waals surface area contributed by atoms with Crippen molar-refractivity contribution in [2.75, 3.05) is 19.5 Å². The molecule has 6 heteroatoms. The first-order valence-corrected chi connectivity index (χ1v) is 7.74. The molecule has 0 spiro atoms. The molecule has 6 nitrogen and oxygen atoms in total. The fourth-order valence-corrected chi connectivity index (χ4v) is 2.47. The summed E-state index contributed by atoms with van der Waals surface area (Å²) in [5.74, 6) is 1.75. The summed E-state index contributed by atoms with van der Waals surface area (Å²) < 4.78 is 12.1. The first kappa shape index (κ1) is 16.6. The SMILES string of the molecule is COc1ccc(C(=O)Nc2ncc(-c3ccc(OC)cc3)n2C)cc1. The second kappa shape index (κ2) is 7.09. The molecule has 0 unspecified atom stereocenters. The summed E-state index contributed by atoms with van der Waals surface area (Å²) in [6.45, 7) is 0. The molecule has 128 valence electrons. The molecule has 3 rings (SSSR count). The van der Waals surface area contributed by atoms with E-state index in [0.717, 1.165) is 17.0 Å². The average molecular weight is 337 g/mol. The Balaban J connectivity index is 1.79. The number of imidazole rings is 1. The van der Waals surface area contributed by atoms with Crippen molar-refractivity contribution in [2.45, 2.75) is 0 Å². The molecule has 2 aromatic carbocycles. The maximum Gasteiger partial charge on any atom is 0.257 e. The predicted octanol–water partition coefficient (Wildman–Crippen LogP) is 3.36. The van der Waals surface area contributed by atoms with Crippen LogP contribution >= 0.6 is 0 Å². The molecule has 3 aromatic rings. The van der Waals surface area contributed by atoms with Crippen molar-refractivity contribution in [3.8, 4) is 22.8 Å². The van der Waals surface area contributed by atoms with Gasteiger partial charge in [-0.25, -0.2) is 4.98 Å². The van der Waals surface area contributed by atoms with Gasteiger partial charge in [0, 0.05) is 18.2 Å². The van der Waals surface area contributed by atoms with Crippen LogP contribution in [0.5, 0.6) is 11.5 Å². The second-order valence-electron chi connectivity index (χ2n) is 5.44. The molecule has 1 aromatic heterocycles. The Bertz CT molecular complexity index is 868. The molecule has 0 fully saturated rings. The molecule has 0 saturated heterocycles. The highest BCUT2D eigenvalue weighted by atomic mass is 16.5. The van der Waals surface area contributed by atoms with Gasteiger partial charge in [-0.2, -0.15) is 0 Å². The number of nitrogens with zero attached hydrogens (tertiary/aromatic N) is 2. The third-order valence-corrected chi connectivity index (χ3v) is 3.95. The number of rotatable bonds is 5. The topological polar surface area (TPSA) is 65.4 Å². The lowest BCUT2D eigenvalue weighted by molar-refractivity contribution is 0.102. The van der Waals surface area contributed by atoms with Gasteiger partial charge in [0.1, 0.15) is 11.5 Å². The highest BCUT2D eigenvalue weighted by molar-refractivity contribution is 6.03. The third-order valence-electron chi connectivity index (χ3n) is 3.95. The van der Waals surface area contributed by atoms with Gasteiger partial charge in [-0.3, -0.25) is 10.1 Å². The lowest BCUT2D eigenvalue weighted by Gasteiger charge is -2.08. The summed E-state index contributed by atoms with van der Waals surface area (Å²) in [7, 11) is 5.08. The van der Waals surface area contributed by atoms with Crippen LogP contribution in [0.25, 0.3) is 11.3 Å². The minimum absolute atomic E-state index is 0.224. The molecule has 0 bridgehead atoms. The highest BCUT2D eigenvalue weighted by Crippen LogP contribution is 2.24. The number of benzene rings is 2. The Morgan fingerprint density at radius 1 is 0.960 bits per heavy atom. The van der Waals surface area contributed by atoms with Crippen LogP contribution in [0, 0.1) is 0 Å². The van der Waals surface area contributed by atoms with E-state index < -0.39 is 0 Å². The van der Waals surface area contributed by atoms with E-state index in [1.807, 2.05) is 35.9 Å². The number of carbonyl (C=O) groups is 1. The zero-order valence-electron chi connectivity index (χ0n) is 14.3. The van der Waals surface area contributed by atoms with E-state index in [-0.39, 0.29) is 5.91 Å². The Labute approximate surface area is 146 Å². The number of methoxy groups -OCH3 is 2. The van der Waals surface area contributed by atoms with Crippen LogP contribution in [0.3, 0.4) is 0 Å². The van der Waals surface area contributed by atoms with Crippen molar-refractivity contribution >= 4 is 11.9 Å². The maximum atomic E-state index is 12.4. The van der Waals surface area contributed by atoms with Gasteiger partial charge in [0.05, 0.1) is 26.1 Å². The summed E-state index contributed by atoms with van der Waals surface area (Å²) >= 11 is 0. The smallest absolute Gasteiger partial charge is 0.257 e. The van der Waals surface area contributed by atoms with Gasteiger partial charge < -0.3 is 14.0 Å². The summed E-state index contributed by atoms with van der Waals surface area (Å²) in [5, 5.41) is 2.82. The molecule has 0 aliphatic carbocycles. The molecule has 0 aliphatic rings. The minimum Gasteiger partial charge on any atom is -0.497 e. The molecule has 1 heterocycles. The molecule has 1 amide bonds. The summed E-state index contributed by atoms with van der Waals surface area (Å²) in [5.41, 5.74) is 2.42. The van der Waals surface area contributed by atoms with Gasteiger partial charge >= 0.3 is 0 Å². The maximum absolute atomic E-state index is 12.4. The number of anilines is 1. The van der Waals surface area contributed by atoms with E-state index in [4.69, 9.17) is 9.47 Å². The first-order valence-electron chi connectivity index (χ1n) is 7.74. The Kier molecular flexibility index (Phi) is 4.70. The molecule has 0 saturated carbocycles. The highest BCUT2D eigenvalue weighted by Gasteiger charge is 2.13. The quantitative estimate of drug-likeness (QED) is 0.775. The Hall–Kier alpha value is -3.28. The zero-order chi connectivity index (χ0) is 17.8. The van der Waals surface area contributed by atoms with Gasteiger partial charge in [0.15, 0.2) is 0 Å². The third kappa shape index (κ3) is 3.47. The average Bonchev–Trinajstić information content (AvgIpc) is 3.02. The monoisotopic (exact) mass is 337 g/mol. The second-order valence-corrected chi connectivity index (χ2v) is 5.44. The molecule has 0 radical (unpaired) electrons. The minimum atomic E-state index is -0.224. The number of amides is 1. The van der Waals surface area contributed by atoms with E-state index in [2.05, 4.69) is 10.3 Å². The van der Waals surface area contributed by atoms with Crippen LogP contribution in [-0.2, 0) is 7.05 Å². The van der Waals surface area contributed by atoms with E-state index in [9.17, 15) is 4.79 Å². The number of aromatic nitrogens is 2. The van der Waals surface area contributed by atoms with Gasteiger partial charge in [-0.15, -0.1) is 0 Å². The molecule has 1 N–H and O–H groups in total. The van der Waals surface area contributed by atoms with Crippen LogP contribution < -0.4 is 14.8 Å². The molecular weight excluding hydrogens is 318 g/mol. The number of hydrogen-bond acceptors (Lipinski definition) is 4. The fraction of sp³-hybridized carbons (Fsp3) is 0.158. The predicted molar refractivity (Wildman–Crippen MR) is 96.1 cm³/mol. The summed E-state index contributed by atoms with van der Waals surface area (Å²) in [6.07, 6.45) is 1.73. The Morgan fingerprint density at radius 3 is 2.08 bits per heavy atom.